The van der Waals surface area contributed by atoms with Crippen LogP contribution in [0.5, 0.6) is 0 Å². The maximum atomic E-state index is 5.25. The van der Waals surface area contributed by atoms with Gasteiger partial charge in [-0.1, -0.05) is 13.8 Å². The maximum Gasteiger partial charge on any atom is 0.114 e. The first kappa shape index (κ1) is 11.7. The molecule has 0 spiro atoms. The first-order chi connectivity index (χ1) is 6.74. The molecule has 0 aliphatic carbocycles. The average molecular weight is 213 g/mol. The summed E-state index contributed by atoms with van der Waals surface area (Å²) in [5.74, 6) is 1.03. The van der Waals surface area contributed by atoms with Crippen LogP contribution in [0.1, 0.15) is 26.0 Å². The van der Waals surface area contributed by atoms with Crippen molar-refractivity contribution in [2.45, 2.75) is 37.3 Å². The van der Waals surface area contributed by atoms with Gasteiger partial charge in [-0.15, -0.1) is 11.8 Å². The summed E-state index contributed by atoms with van der Waals surface area (Å²) in [5, 5.41) is 4.01. The molecule has 1 N–H and O–H groups in total. The number of hydrogen-bond acceptors (Lipinski definition) is 3. The summed E-state index contributed by atoms with van der Waals surface area (Å²) in [6.45, 7) is 8.59. The Morgan fingerprint density at radius 2 is 2.36 bits per heavy atom. The molecule has 0 aliphatic heterocycles. The molecule has 1 heterocycles. The van der Waals surface area contributed by atoms with Crippen molar-refractivity contribution < 1.29 is 4.42 Å². The third-order valence-corrected chi connectivity index (χ3v) is 3.24. The van der Waals surface area contributed by atoms with E-state index in [4.69, 9.17) is 4.42 Å². The zero-order chi connectivity index (χ0) is 10.4. The topological polar surface area (TPSA) is 25.2 Å². The van der Waals surface area contributed by atoms with Gasteiger partial charge in [0.1, 0.15) is 5.76 Å². The Morgan fingerprint density at radius 1 is 1.57 bits per heavy atom. The summed E-state index contributed by atoms with van der Waals surface area (Å²) in [4.78, 5) is 1.26. The molecule has 1 atom stereocenters. The molecule has 1 aromatic rings. The van der Waals surface area contributed by atoms with Gasteiger partial charge in [-0.2, -0.15) is 0 Å². The van der Waals surface area contributed by atoms with Gasteiger partial charge in [-0.25, -0.2) is 0 Å². The first-order valence-corrected chi connectivity index (χ1v) is 6.03. The van der Waals surface area contributed by atoms with Crippen LogP contribution >= 0.6 is 11.8 Å². The van der Waals surface area contributed by atoms with Crippen molar-refractivity contribution in [3.63, 3.8) is 0 Å². The summed E-state index contributed by atoms with van der Waals surface area (Å²) in [5.41, 5.74) is 0. The second kappa shape index (κ2) is 6.14. The van der Waals surface area contributed by atoms with Crippen molar-refractivity contribution in [3.8, 4) is 0 Å². The molecular formula is C11H19NOS. The van der Waals surface area contributed by atoms with E-state index in [1.165, 1.54) is 11.3 Å². The highest BCUT2D eigenvalue weighted by molar-refractivity contribution is 8.00. The Labute approximate surface area is 90.5 Å². The highest BCUT2D eigenvalue weighted by Crippen LogP contribution is 2.26. The number of hydrogen-bond donors (Lipinski definition) is 1. The fraction of sp³-hybridized carbons (Fsp3) is 0.636. The number of furan rings is 1. The van der Waals surface area contributed by atoms with Crippen molar-refractivity contribution >= 4 is 11.8 Å². The fourth-order valence-corrected chi connectivity index (χ4v) is 2.22. The molecule has 0 radical (unpaired) electrons. The molecular weight excluding hydrogens is 194 g/mol. The molecule has 1 unspecified atom stereocenters. The number of thioether (sulfide) groups is 1. The Bertz CT molecular complexity index is 260. The number of aryl methyl sites for hydroxylation is 1. The molecule has 14 heavy (non-hydrogen) atoms. The van der Waals surface area contributed by atoms with E-state index < -0.39 is 0 Å². The van der Waals surface area contributed by atoms with Crippen molar-refractivity contribution in [1.29, 1.82) is 0 Å². The lowest BCUT2D eigenvalue weighted by Gasteiger charge is -2.10. The van der Waals surface area contributed by atoms with Crippen LogP contribution in [0, 0.1) is 6.92 Å². The van der Waals surface area contributed by atoms with Gasteiger partial charge in [0.2, 0.25) is 0 Å². The third kappa shape index (κ3) is 3.76. The smallest absolute Gasteiger partial charge is 0.114 e. The highest BCUT2D eigenvalue weighted by atomic mass is 32.2. The van der Waals surface area contributed by atoms with Crippen LogP contribution in [-0.2, 0) is 0 Å². The van der Waals surface area contributed by atoms with E-state index in [-0.39, 0.29) is 0 Å². The molecule has 1 aromatic heterocycles. The van der Waals surface area contributed by atoms with E-state index in [9.17, 15) is 0 Å². The van der Waals surface area contributed by atoms with E-state index in [1.807, 2.05) is 24.8 Å². The summed E-state index contributed by atoms with van der Waals surface area (Å²) in [6, 6.07) is 2.04. The van der Waals surface area contributed by atoms with Crippen LogP contribution in [0.15, 0.2) is 21.6 Å². The maximum absolute atomic E-state index is 5.25. The Balaban J connectivity index is 2.27. The van der Waals surface area contributed by atoms with Crippen molar-refractivity contribution in [1.82, 2.24) is 5.32 Å². The van der Waals surface area contributed by atoms with Gasteiger partial charge in [0.25, 0.3) is 0 Å². The second-order valence-electron chi connectivity index (χ2n) is 3.47. The van der Waals surface area contributed by atoms with Crippen LogP contribution in [0.2, 0.25) is 0 Å². The average Bonchev–Trinajstić information content (AvgIpc) is 2.52. The predicted molar refractivity (Wildman–Crippen MR) is 61.9 cm³/mol. The Kier molecular flexibility index (Phi) is 5.12. The lowest BCUT2D eigenvalue weighted by molar-refractivity contribution is 0.526. The fourth-order valence-electron chi connectivity index (χ4n) is 1.24. The standard InChI is InChI=1S/C11H19NOS/c1-4-6-12-8-9(2)14-11-5-7-13-10(11)3/h5,7,9,12H,4,6,8H2,1-3H3. The lowest BCUT2D eigenvalue weighted by atomic mass is 10.4. The van der Waals surface area contributed by atoms with Crippen molar-refractivity contribution in [3.05, 3.63) is 18.1 Å². The largest absolute Gasteiger partial charge is 0.468 e. The van der Waals surface area contributed by atoms with Crippen LogP contribution in [0.3, 0.4) is 0 Å². The summed E-state index contributed by atoms with van der Waals surface area (Å²) < 4.78 is 5.25. The zero-order valence-corrected chi connectivity index (χ0v) is 9.99. The van der Waals surface area contributed by atoms with Gasteiger partial charge < -0.3 is 9.73 Å². The van der Waals surface area contributed by atoms with E-state index >= 15 is 0 Å². The predicted octanol–water partition coefficient (Wildman–Crippen LogP) is 3.07. The third-order valence-electron chi connectivity index (χ3n) is 2.00. The highest BCUT2D eigenvalue weighted by Gasteiger charge is 2.07. The van der Waals surface area contributed by atoms with E-state index in [0.717, 1.165) is 18.8 Å². The Morgan fingerprint density at radius 3 is 2.93 bits per heavy atom. The number of nitrogens with one attached hydrogen (secondary N) is 1. The molecule has 2 nitrogen and oxygen atoms in total. The first-order valence-electron chi connectivity index (χ1n) is 5.15. The zero-order valence-electron chi connectivity index (χ0n) is 9.17. The van der Waals surface area contributed by atoms with E-state index in [2.05, 4.69) is 19.2 Å². The minimum Gasteiger partial charge on any atom is -0.468 e. The van der Waals surface area contributed by atoms with Gasteiger partial charge in [-0.3, -0.25) is 0 Å². The van der Waals surface area contributed by atoms with E-state index in [1.54, 1.807) is 6.26 Å². The minimum atomic E-state index is 0.595. The van der Waals surface area contributed by atoms with Crippen molar-refractivity contribution in [2.24, 2.45) is 0 Å². The molecule has 0 bridgehead atoms. The summed E-state index contributed by atoms with van der Waals surface area (Å²) in [6.07, 6.45) is 2.95. The van der Waals surface area contributed by atoms with Crippen LogP contribution < -0.4 is 5.32 Å². The van der Waals surface area contributed by atoms with Gasteiger partial charge in [0, 0.05) is 16.7 Å². The lowest BCUT2D eigenvalue weighted by Crippen LogP contribution is -2.23. The van der Waals surface area contributed by atoms with E-state index in [0.29, 0.717) is 5.25 Å². The molecule has 80 valence electrons. The normalized spacial score (nSPS) is 13.1. The van der Waals surface area contributed by atoms with Crippen LogP contribution in [0.25, 0.3) is 0 Å². The quantitative estimate of drug-likeness (QED) is 0.581. The summed E-state index contributed by atoms with van der Waals surface area (Å²) >= 11 is 1.87. The van der Waals surface area contributed by atoms with Crippen LogP contribution in [0.4, 0.5) is 0 Å². The number of rotatable bonds is 6. The van der Waals surface area contributed by atoms with Gasteiger partial charge in [0.05, 0.1) is 6.26 Å². The molecule has 3 heteroatoms. The molecule has 0 aliphatic rings. The minimum absolute atomic E-state index is 0.595. The van der Waals surface area contributed by atoms with Crippen LogP contribution in [-0.4, -0.2) is 18.3 Å². The monoisotopic (exact) mass is 213 g/mol. The van der Waals surface area contributed by atoms with Gasteiger partial charge in [-0.05, 0) is 26.0 Å². The molecule has 0 fully saturated rings. The van der Waals surface area contributed by atoms with Gasteiger partial charge in [0.15, 0.2) is 0 Å². The van der Waals surface area contributed by atoms with Crippen molar-refractivity contribution in [2.75, 3.05) is 13.1 Å². The molecule has 0 amide bonds. The summed E-state index contributed by atoms with van der Waals surface area (Å²) in [7, 11) is 0. The Hall–Kier alpha value is -0.410. The van der Waals surface area contributed by atoms with Gasteiger partial charge >= 0.3 is 0 Å². The SMILES string of the molecule is CCCNCC(C)Sc1ccoc1C. The second-order valence-corrected chi connectivity index (χ2v) is 4.95. The molecule has 0 saturated heterocycles. The molecule has 1 rings (SSSR count). The molecule has 0 saturated carbocycles. The molecule has 0 aromatic carbocycles.